The van der Waals surface area contributed by atoms with Gasteiger partial charge in [0, 0.05) is 25.7 Å². The molecule has 0 aliphatic rings. The minimum atomic E-state index is -4.97. The van der Waals surface area contributed by atoms with Gasteiger partial charge in [-0.2, -0.15) is 0 Å². The maximum absolute atomic E-state index is 13.2. The molecule has 0 aliphatic heterocycles. The van der Waals surface area contributed by atoms with Crippen LogP contribution in [0.5, 0.6) is 0 Å². The number of esters is 4. The van der Waals surface area contributed by atoms with Crippen molar-refractivity contribution in [2.75, 3.05) is 39.6 Å². The predicted octanol–water partition coefficient (Wildman–Crippen LogP) is 26.5. The summed E-state index contributed by atoms with van der Waals surface area (Å²) in [6.45, 7) is 12.1. The second kappa shape index (κ2) is 77.0. The van der Waals surface area contributed by atoms with E-state index in [-0.39, 0.29) is 25.7 Å². The van der Waals surface area contributed by atoms with E-state index >= 15 is 0 Å². The van der Waals surface area contributed by atoms with E-state index in [0.29, 0.717) is 25.7 Å². The Labute approximate surface area is 651 Å². The van der Waals surface area contributed by atoms with Gasteiger partial charge < -0.3 is 33.8 Å². The quantitative estimate of drug-likeness (QED) is 0.0222. The van der Waals surface area contributed by atoms with E-state index < -0.39 is 97.5 Å². The topological polar surface area (TPSA) is 237 Å². The zero-order valence-electron chi connectivity index (χ0n) is 69.9. The first-order valence-electron chi connectivity index (χ1n) is 44.9. The highest BCUT2D eigenvalue weighted by Crippen LogP contribution is 2.45. The van der Waals surface area contributed by atoms with Crippen molar-refractivity contribution < 1.29 is 80.2 Å². The summed E-state index contributed by atoms with van der Waals surface area (Å²) in [5.74, 6) is 0.392. The molecule has 0 saturated heterocycles. The summed E-state index contributed by atoms with van der Waals surface area (Å²) in [6, 6.07) is 0. The molecule has 19 heteroatoms. The molecule has 4 unspecified atom stereocenters. The minimum absolute atomic E-state index is 0.106. The summed E-state index contributed by atoms with van der Waals surface area (Å²) in [6.07, 6.45) is 68.0. The average Bonchev–Trinajstić information content (AvgIpc) is 0.900. The van der Waals surface area contributed by atoms with Gasteiger partial charge in [0.2, 0.25) is 0 Å². The van der Waals surface area contributed by atoms with E-state index in [0.717, 1.165) is 108 Å². The molecule has 0 aromatic carbocycles. The van der Waals surface area contributed by atoms with Crippen LogP contribution >= 0.6 is 15.6 Å². The molecule has 0 amide bonds. The highest BCUT2D eigenvalue weighted by molar-refractivity contribution is 7.47. The van der Waals surface area contributed by atoms with Gasteiger partial charge in [-0.3, -0.25) is 37.3 Å². The molecule has 0 spiro atoms. The zero-order valence-corrected chi connectivity index (χ0v) is 71.7. The van der Waals surface area contributed by atoms with Crippen molar-refractivity contribution in [2.45, 2.75) is 478 Å². The molecule has 0 aromatic rings. The molecule has 0 aromatic heterocycles. The van der Waals surface area contributed by atoms with Gasteiger partial charge in [0.15, 0.2) is 12.2 Å². The summed E-state index contributed by atoms with van der Waals surface area (Å²) in [4.78, 5) is 73.2. The van der Waals surface area contributed by atoms with E-state index in [1.165, 1.54) is 270 Å². The molecule has 0 bridgehead atoms. The van der Waals surface area contributed by atoms with Crippen LogP contribution in [-0.4, -0.2) is 96.7 Å². The summed E-state index contributed by atoms with van der Waals surface area (Å²) in [5.41, 5.74) is 0. The summed E-state index contributed by atoms with van der Waals surface area (Å²) in [5, 5.41) is 10.7. The standard InChI is InChI=1S/C87H170O17P2/c1-8-11-12-13-14-37-47-54-61-68-84(89)97-74-82(104-87(92)71-64-57-50-43-36-35-40-46-53-60-67-80(7)10-3)76-101-105(93,94)99-72-81(88)73-100-106(95,96)102-77-83(75-98-85(90)69-62-55-48-41-33-29-25-21-17-15-19-23-27-31-38-44-51-58-65-78(4)5)103-86(91)70-63-56-49-42-34-30-26-22-18-16-20-24-28-32-39-45-52-59-66-79(6)9-2/h78-83,88H,8-77H2,1-7H3,(H,93,94)(H,95,96)/t79?,80?,81-,82+,83+/m0/s1. The number of phosphoric ester groups is 2. The van der Waals surface area contributed by atoms with Gasteiger partial charge in [-0.15, -0.1) is 0 Å². The molecule has 0 aliphatic carbocycles. The Morgan fingerprint density at radius 2 is 0.481 bits per heavy atom. The van der Waals surface area contributed by atoms with Gasteiger partial charge >= 0.3 is 39.5 Å². The van der Waals surface area contributed by atoms with E-state index in [4.69, 9.17) is 37.0 Å². The smallest absolute Gasteiger partial charge is 0.462 e. The first-order chi connectivity index (χ1) is 51.3. The number of carbonyl (C=O) groups excluding carboxylic acids is 4. The Morgan fingerprint density at radius 3 is 0.717 bits per heavy atom. The van der Waals surface area contributed by atoms with E-state index in [1.807, 2.05) is 0 Å². The van der Waals surface area contributed by atoms with E-state index in [1.54, 1.807) is 0 Å². The zero-order chi connectivity index (χ0) is 77.9. The SMILES string of the molecule is CCCCCCCCCCCC(=O)OC[C@H](COP(=O)(O)OC[C@H](O)COP(=O)(O)OC[C@@H](COC(=O)CCCCCCCCCCCCCCCCCCCCC(C)C)OC(=O)CCCCCCCCCCCCCCCCCCCCC(C)CC)OC(=O)CCCCCCCCCCCCC(C)CC. The fourth-order valence-electron chi connectivity index (χ4n) is 13.5. The first kappa shape index (κ1) is 104. The van der Waals surface area contributed by atoms with Crippen LogP contribution in [0.1, 0.15) is 459 Å². The lowest BCUT2D eigenvalue weighted by atomic mass is 9.99. The largest absolute Gasteiger partial charge is 0.472 e. The Bertz CT molecular complexity index is 2050. The summed E-state index contributed by atoms with van der Waals surface area (Å²) < 4.78 is 68.8. The van der Waals surface area contributed by atoms with Crippen LogP contribution in [0, 0.1) is 17.8 Å². The van der Waals surface area contributed by atoms with E-state index in [9.17, 15) is 43.2 Å². The second-order valence-corrected chi connectivity index (χ2v) is 35.1. The molecule has 0 radical (unpaired) electrons. The lowest BCUT2D eigenvalue weighted by Gasteiger charge is -2.21. The number of carbonyl (C=O) groups is 4. The van der Waals surface area contributed by atoms with Crippen molar-refractivity contribution in [1.82, 2.24) is 0 Å². The van der Waals surface area contributed by atoms with Gasteiger partial charge in [-0.1, -0.05) is 408 Å². The molecule has 3 N–H and O–H groups in total. The third-order valence-electron chi connectivity index (χ3n) is 21.1. The molecule has 0 rings (SSSR count). The molecule has 0 heterocycles. The third-order valence-corrected chi connectivity index (χ3v) is 23.0. The van der Waals surface area contributed by atoms with Crippen molar-refractivity contribution in [3.63, 3.8) is 0 Å². The highest BCUT2D eigenvalue weighted by atomic mass is 31.2. The van der Waals surface area contributed by atoms with Crippen LogP contribution in [0.3, 0.4) is 0 Å². The highest BCUT2D eigenvalue weighted by Gasteiger charge is 2.31. The number of aliphatic hydroxyl groups is 1. The number of phosphoric acid groups is 2. The maximum atomic E-state index is 13.2. The van der Waals surface area contributed by atoms with Gasteiger partial charge in [0.05, 0.1) is 26.4 Å². The molecule has 106 heavy (non-hydrogen) atoms. The van der Waals surface area contributed by atoms with Crippen molar-refractivity contribution in [1.29, 1.82) is 0 Å². The fourth-order valence-corrected chi connectivity index (χ4v) is 15.1. The van der Waals surface area contributed by atoms with Gasteiger partial charge in [0.25, 0.3) is 0 Å². The molecular formula is C87H170O17P2. The van der Waals surface area contributed by atoms with Crippen LogP contribution in [0.25, 0.3) is 0 Å². The Balaban J connectivity index is 5.20. The number of ether oxygens (including phenoxy) is 4. The fraction of sp³-hybridized carbons (Fsp3) is 0.954. The van der Waals surface area contributed by atoms with Gasteiger partial charge in [-0.05, 0) is 43.4 Å². The monoisotopic (exact) mass is 1550 g/mol. The van der Waals surface area contributed by atoms with Crippen LogP contribution in [0.4, 0.5) is 0 Å². The van der Waals surface area contributed by atoms with E-state index in [2.05, 4.69) is 48.5 Å². The second-order valence-electron chi connectivity index (χ2n) is 32.2. The first-order valence-corrected chi connectivity index (χ1v) is 47.9. The normalized spacial score (nSPS) is 14.4. The Morgan fingerprint density at radius 1 is 0.274 bits per heavy atom. The van der Waals surface area contributed by atoms with Crippen molar-refractivity contribution in [2.24, 2.45) is 17.8 Å². The average molecular weight is 1550 g/mol. The Hall–Kier alpha value is -1.94. The number of rotatable bonds is 85. The maximum Gasteiger partial charge on any atom is 0.472 e. The number of hydrogen-bond donors (Lipinski definition) is 3. The minimum Gasteiger partial charge on any atom is -0.462 e. The molecule has 7 atom stereocenters. The molecule has 0 fully saturated rings. The lowest BCUT2D eigenvalue weighted by Crippen LogP contribution is -2.30. The van der Waals surface area contributed by atoms with Crippen LogP contribution in [-0.2, 0) is 65.4 Å². The Kier molecular flexibility index (Phi) is 75.6. The van der Waals surface area contributed by atoms with Crippen molar-refractivity contribution >= 4 is 39.5 Å². The van der Waals surface area contributed by atoms with Gasteiger partial charge in [0.1, 0.15) is 19.3 Å². The lowest BCUT2D eigenvalue weighted by molar-refractivity contribution is -0.161. The summed E-state index contributed by atoms with van der Waals surface area (Å²) in [7, 11) is -9.93. The molecule has 630 valence electrons. The van der Waals surface area contributed by atoms with Crippen LogP contribution in [0.2, 0.25) is 0 Å². The van der Waals surface area contributed by atoms with Crippen molar-refractivity contribution in [3.8, 4) is 0 Å². The predicted molar refractivity (Wildman–Crippen MR) is 437 cm³/mol. The number of hydrogen-bond acceptors (Lipinski definition) is 15. The van der Waals surface area contributed by atoms with Crippen LogP contribution < -0.4 is 0 Å². The van der Waals surface area contributed by atoms with Gasteiger partial charge in [-0.25, -0.2) is 9.13 Å². The molecule has 17 nitrogen and oxygen atoms in total. The molecule has 0 saturated carbocycles. The molecular weight excluding hydrogens is 1380 g/mol. The van der Waals surface area contributed by atoms with Crippen LogP contribution in [0.15, 0.2) is 0 Å². The number of aliphatic hydroxyl groups excluding tert-OH is 1. The number of unbranched alkanes of at least 4 members (excludes halogenated alkanes) is 51. The van der Waals surface area contributed by atoms with Crippen molar-refractivity contribution in [3.05, 3.63) is 0 Å². The third kappa shape index (κ3) is 77.4. The summed E-state index contributed by atoms with van der Waals surface area (Å²) >= 11 is 0.